The van der Waals surface area contributed by atoms with Gasteiger partial charge in [-0.3, -0.25) is 13.9 Å². The molecule has 0 aliphatic rings. The van der Waals surface area contributed by atoms with Gasteiger partial charge in [-0.1, -0.05) is 30.2 Å². The second kappa shape index (κ2) is 10.4. The third kappa shape index (κ3) is 5.53. The summed E-state index contributed by atoms with van der Waals surface area (Å²) in [5, 5.41) is 19.7. The number of hydrogen-bond donors (Lipinski definition) is 2. The van der Waals surface area contributed by atoms with Crippen LogP contribution in [-0.2, 0) is 19.6 Å². The zero-order valence-corrected chi connectivity index (χ0v) is 19.6. The van der Waals surface area contributed by atoms with E-state index in [-0.39, 0.29) is 23.5 Å². The van der Waals surface area contributed by atoms with Crippen LogP contribution in [0.1, 0.15) is 13.3 Å². The van der Waals surface area contributed by atoms with Gasteiger partial charge in [0.15, 0.2) is 0 Å². The summed E-state index contributed by atoms with van der Waals surface area (Å²) in [6.07, 6.45) is 5.35. The molecule has 0 fully saturated rings. The minimum absolute atomic E-state index is 0.0996. The highest BCUT2D eigenvalue weighted by Gasteiger charge is 2.29. The molecule has 0 aliphatic heterocycles. The highest BCUT2D eigenvalue weighted by molar-refractivity contribution is 7.92. The number of rotatable bonds is 10. The summed E-state index contributed by atoms with van der Waals surface area (Å²) in [4.78, 5) is 24.4. The first kappa shape index (κ1) is 25.5. The van der Waals surface area contributed by atoms with Gasteiger partial charge < -0.3 is 15.1 Å². The van der Waals surface area contributed by atoms with Crippen molar-refractivity contribution in [2.45, 2.75) is 24.3 Å². The number of hydrogen-bond acceptors (Lipinski definition) is 5. The summed E-state index contributed by atoms with van der Waals surface area (Å²) in [5.41, 5.74) is 0.674. The van der Waals surface area contributed by atoms with Gasteiger partial charge in [0.05, 0.1) is 23.5 Å². The average Bonchev–Trinajstić information content (AvgIpc) is 2.80. The lowest BCUT2D eigenvalue weighted by Crippen LogP contribution is -2.37. The van der Waals surface area contributed by atoms with E-state index in [0.29, 0.717) is 16.5 Å². The van der Waals surface area contributed by atoms with E-state index >= 15 is 0 Å². The largest absolute Gasteiger partial charge is 0.481 e. The number of carboxylic acid groups (broad SMARTS) is 2. The Balaban J connectivity index is 2.22. The fraction of sp³-hybridized carbons (Fsp3) is 0.200. The molecule has 3 rings (SSSR count). The number of terminal acetylenes is 1. The van der Waals surface area contributed by atoms with Crippen molar-refractivity contribution in [3.05, 3.63) is 66.5 Å². The lowest BCUT2D eigenvalue weighted by Gasteiger charge is -2.31. The topological polar surface area (TPSA) is 115 Å². The van der Waals surface area contributed by atoms with Gasteiger partial charge in [-0.2, -0.15) is 0 Å². The second-order valence-corrected chi connectivity index (χ2v) is 9.65. The monoisotopic (exact) mass is 498 g/mol. The minimum atomic E-state index is -4.37. The Bertz CT molecular complexity index is 1400. The van der Waals surface area contributed by atoms with Crippen molar-refractivity contribution in [2.24, 2.45) is 0 Å². The van der Waals surface area contributed by atoms with Crippen LogP contribution < -0.4 is 9.21 Å². The maximum atomic E-state index is 13.4. The molecular formula is C25H23FN2O6S. The van der Waals surface area contributed by atoms with Crippen LogP contribution in [0, 0.1) is 18.2 Å². The van der Waals surface area contributed by atoms with Crippen LogP contribution in [0.2, 0.25) is 0 Å². The van der Waals surface area contributed by atoms with E-state index in [1.54, 1.807) is 42.2 Å². The molecular weight excluding hydrogens is 475 g/mol. The van der Waals surface area contributed by atoms with E-state index < -0.39 is 40.4 Å². The van der Waals surface area contributed by atoms with Crippen molar-refractivity contribution >= 4 is 44.1 Å². The molecule has 182 valence electrons. The first-order valence-electron chi connectivity index (χ1n) is 10.5. The molecule has 0 radical (unpaired) electrons. The number of benzene rings is 3. The van der Waals surface area contributed by atoms with Crippen molar-refractivity contribution in [3.8, 4) is 12.3 Å². The Hall–Kier alpha value is -4.10. The molecule has 0 bridgehead atoms. The Labute approximate surface area is 202 Å². The molecule has 0 heterocycles. The Kier molecular flexibility index (Phi) is 7.62. The predicted octanol–water partition coefficient (Wildman–Crippen LogP) is 3.56. The number of aliphatic carboxylic acids is 2. The number of anilines is 2. The summed E-state index contributed by atoms with van der Waals surface area (Å²) in [6, 6.07) is 13.4. The summed E-state index contributed by atoms with van der Waals surface area (Å²) in [6.45, 7) is 0.945. The molecule has 0 saturated heterocycles. The number of carboxylic acids is 2. The third-order valence-corrected chi connectivity index (χ3v) is 7.17. The maximum absolute atomic E-state index is 13.4. The van der Waals surface area contributed by atoms with E-state index in [1.807, 2.05) is 0 Å². The van der Waals surface area contributed by atoms with Crippen molar-refractivity contribution in [3.63, 3.8) is 0 Å². The van der Waals surface area contributed by atoms with E-state index in [9.17, 15) is 32.6 Å². The number of carbonyl (C=O) groups is 2. The van der Waals surface area contributed by atoms with Gasteiger partial charge in [-0.05, 0) is 43.3 Å². The molecule has 35 heavy (non-hydrogen) atoms. The van der Waals surface area contributed by atoms with Crippen molar-refractivity contribution in [2.75, 3.05) is 22.3 Å². The quantitative estimate of drug-likeness (QED) is 0.411. The minimum Gasteiger partial charge on any atom is -0.481 e. The Morgan fingerprint density at radius 3 is 2.09 bits per heavy atom. The highest BCUT2D eigenvalue weighted by atomic mass is 32.2. The summed E-state index contributed by atoms with van der Waals surface area (Å²) in [5.74, 6) is -0.498. The van der Waals surface area contributed by atoms with E-state index in [0.717, 1.165) is 28.6 Å². The molecule has 3 aromatic carbocycles. The molecule has 0 unspecified atom stereocenters. The number of sulfonamides is 1. The van der Waals surface area contributed by atoms with Gasteiger partial charge in [-0.15, -0.1) is 6.42 Å². The SMILES string of the molecule is C#CCN(c1ccc(N(CC(=O)O)S(=O)(=O)c2ccc(F)cc2)c2ccccc12)[C@@H](C)CC(=O)O. The number of halogens is 1. The van der Waals surface area contributed by atoms with Crippen molar-refractivity contribution in [1.29, 1.82) is 0 Å². The smallest absolute Gasteiger partial charge is 0.324 e. The number of nitrogens with zero attached hydrogens (tertiary/aromatic N) is 2. The van der Waals surface area contributed by atoms with E-state index in [2.05, 4.69) is 5.92 Å². The second-order valence-electron chi connectivity index (χ2n) is 7.79. The standard InChI is InChI=1S/C25H23FN2O6S/c1-3-14-27(17(2)15-24(29)30)22-12-13-23(21-7-5-4-6-20(21)22)28(16-25(31)32)35(33,34)19-10-8-18(26)9-11-19/h1,4-13,17H,14-16H2,2H3,(H,29,30)(H,31,32)/t17-/m0/s1. The molecule has 0 aliphatic carbocycles. The summed E-state index contributed by atoms with van der Waals surface area (Å²) < 4.78 is 41.0. The Morgan fingerprint density at radius 1 is 0.971 bits per heavy atom. The maximum Gasteiger partial charge on any atom is 0.324 e. The number of fused-ring (bicyclic) bond motifs is 1. The predicted molar refractivity (Wildman–Crippen MR) is 130 cm³/mol. The fourth-order valence-electron chi connectivity index (χ4n) is 3.83. The van der Waals surface area contributed by atoms with Crippen LogP contribution in [0.4, 0.5) is 15.8 Å². The van der Waals surface area contributed by atoms with Crippen LogP contribution in [0.25, 0.3) is 10.8 Å². The molecule has 3 aromatic rings. The molecule has 10 heteroatoms. The molecule has 8 nitrogen and oxygen atoms in total. The first-order chi connectivity index (χ1) is 16.6. The zero-order valence-electron chi connectivity index (χ0n) is 18.8. The average molecular weight is 499 g/mol. The van der Waals surface area contributed by atoms with E-state index in [1.165, 1.54) is 6.07 Å². The molecule has 0 amide bonds. The van der Waals surface area contributed by atoms with Crippen molar-refractivity contribution in [1.82, 2.24) is 0 Å². The summed E-state index contributed by atoms with van der Waals surface area (Å²) >= 11 is 0. The Morgan fingerprint density at radius 2 is 1.54 bits per heavy atom. The van der Waals surface area contributed by atoms with Crippen LogP contribution in [0.15, 0.2) is 65.6 Å². The van der Waals surface area contributed by atoms with Crippen molar-refractivity contribution < 1.29 is 32.6 Å². The highest BCUT2D eigenvalue weighted by Crippen LogP contribution is 2.37. The van der Waals surface area contributed by atoms with Crippen LogP contribution in [0.5, 0.6) is 0 Å². The van der Waals surface area contributed by atoms with Gasteiger partial charge in [0.1, 0.15) is 12.4 Å². The van der Waals surface area contributed by atoms with Gasteiger partial charge in [0.25, 0.3) is 10.0 Å². The molecule has 2 N–H and O–H groups in total. The van der Waals surface area contributed by atoms with Gasteiger partial charge in [0.2, 0.25) is 0 Å². The van der Waals surface area contributed by atoms with Gasteiger partial charge in [0, 0.05) is 22.5 Å². The fourth-order valence-corrected chi connectivity index (χ4v) is 5.26. The zero-order chi connectivity index (χ0) is 25.8. The first-order valence-corrected chi connectivity index (χ1v) is 11.9. The molecule has 0 saturated carbocycles. The van der Waals surface area contributed by atoms with Crippen LogP contribution in [0.3, 0.4) is 0 Å². The normalized spacial score (nSPS) is 12.0. The molecule has 0 spiro atoms. The van der Waals surface area contributed by atoms with Crippen LogP contribution in [-0.4, -0.2) is 49.7 Å². The summed E-state index contributed by atoms with van der Waals surface area (Å²) in [7, 11) is -4.37. The van der Waals surface area contributed by atoms with Gasteiger partial charge >= 0.3 is 11.9 Å². The van der Waals surface area contributed by atoms with Crippen LogP contribution >= 0.6 is 0 Å². The van der Waals surface area contributed by atoms with Gasteiger partial charge in [-0.25, -0.2) is 12.8 Å². The molecule has 1 atom stereocenters. The molecule has 0 aromatic heterocycles. The third-order valence-electron chi connectivity index (χ3n) is 5.40. The van der Waals surface area contributed by atoms with E-state index in [4.69, 9.17) is 6.42 Å². The lowest BCUT2D eigenvalue weighted by molar-refractivity contribution is -0.137. The lowest BCUT2D eigenvalue weighted by atomic mass is 10.0.